The van der Waals surface area contributed by atoms with Gasteiger partial charge in [0.2, 0.25) is 0 Å². The molecule has 0 aliphatic carbocycles. The molecule has 1 N–H and O–H groups in total. The Hall–Kier alpha value is -1.16. The lowest BCUT2D eigenvalue weighted by Gasteiger charge is -2.34. The fourth-order valence-electron chi connectivity index (χ4n) is 3.38. The highest BCUT2D eigenvalue weighted by Gasteiger charge is 2.25. The highest BCUT2D eigenvalue weighted by atomic mass is 79.9. The molecule has 2 nitrogen and oxygen atoms in total. The normalized spacial score (nSPS) is 12.5. The Morgan fingerprint density at radius 3 is 2.08 bits per heavy atom. The van der Waals surface area contributed by atoms with Gasteiger partial charge in [-0.15, -0.1) is 0 Å². The Morgan fingerprint density at radius 1 is 0.917 bits per heavy atom. The van der Waals surface area contributed by atoms with Crippen LogP contribution in [0.2, 0.25) is 0 Å². The molecule has 2 rings (SSSR count). The zero-order chi connectivity index (χ0) is 16.9. The Balaban J connectivity index is 0.00000288. The van der Waals surface area contributed by atoms with Crippen LogP contribution in [0.3, 0.4) is 0 Å². The lowest BCUT2D eigenvalue weighted by atomic mass is 9.87. The Labute approximate surface area is 157 Å². The second-order valence-electron chi connectivity index (χ2n) is 7.25. The van der Waals surface area contributed by atoms with Gasteiger partial charge in [-0.3, -0.25) is 0 Å². The first-order chi connectivity index (χ1) is 10.9. The average Bonchev–Trinajstić information content (AvgIpc) is 2.49. The average molecular weight is 392 g/mol. The van der Waals surface area contributed by atoms with Crippen LogP contribution in [0.15, 0.2) is 48.5 Å². The summed E-state index contributed by atoms with van der Waals surface area (Å²) in [6.45, 7) is 6.44. The summed E-state index contributed by atoms with van der Waals surface area (Å²) in [6, 6.07) is 17.4. The van der Waals surface area contributed by atoms with Crippen LogP contribution in [0.5, 0.6) is 0 Å². The molecule has 0 bridgehead atoms. The number of hydrogen-bond donors (Lipinski definition) is 1. The number of nitrogens with zero attached hydrogens (tertiary/aromatic N) is 1. The van der Waals surface area contributed by atoms with Gasteiger partial charge in [-0.05, 0) is 42.5 Å². The summed E-state index contributed by atoms with van der Waals surface area (Å²) >= 11 is 0. The lowest BCUT2D eigenvalue weighted by molar-refractivity contribution is -0.892. The molecular weight excluding hydrogens is 362 g/mol. The highest BCUT2D eigenvalue weighted by Crippen LogP contribution is 2.27. The zero-order valence-electron chi connectivity index (χ0n) is 15.3. The molecule has 1 atom stereocenters. The summed E-state index contributed by atoms with van der Waals surface area (Å²) in [7, 11) is 4.42. The summed E-state index contributed by atoms with van der Waals surface area (Å²) in [5.41, 5.74) is 5.57. The first kappa shape index (κ1) is 20.9. The van der Waals surface area contributed by atoms with Crippen molar-refractivity contribution in [3.8, 4) is 0 Å². The maximum atomic E-state index is 9.36. The minimum absolute atomic E-state index is 0. The standard InChI is InChI=1S/C21H30NO.BrH/c1-17-9-5-7-11-19(17)15-20(16-22(3,4)13-14-23)21-12-8-6-10-18(21)2;/h5-12,20,23H,13-16H2,1-4H3;1H/q+1;/p-1. The minimum atomic E-state index is 0. The van der Waals surface area contributed by atoms with Gasteiger partial charge in [-0.2, -0.15) is 0 Å². The molecule has 24 heavy (non-hydrogen) atoms. The Kier molecular flexibility index (Phi) is 8.14. The summed E-state index contributed by atoms with van der Waals surface area (Å²) < 4.78 is 0.835. The fourth-order valence-corrected chi connectivity index (χ4v) is 3.38. The largest absolute Gasteiger partial charge is 1.00 e. The van der Waals surface area contributed by atoms with Crippen molar-refractivity contribution in [2.75, 3.05) is 33.8 Å². The molecule has 2 aromatic rings. The summed E-state index contributed by atoms with van der Waals surface area (Å²) in [5, 5.41) is 9.36. The van der Waals surface area contributed by atoms with Gasteiger partial charge in [-0.1, -0.05) is 48.5 Å². The van der Waals surface area contributed by atoms with Gasteiger partial charge >= 0.3 is 0 Å². The monoisotopic (exact) mass is 391 g/mol. The molecule has 2 aromatic carbocycles. The van der Waals surface area contributed by atoms with Gasteiger partial charge in [0.15, 0.2) is 0 Å². The van der Waals surface area contributed by atoms with Gasteiger partial charge < -0.3 is 26.6 Å². The van der Waals surface area contributed by atoms with Crippen molar-refractivity contribution in [1.29, 1.82) is 0 Å². The number of aliphatic hydroxyl groups is 1. The fraction of sp³-hybridized carbons (Fsp3) is 0.429. The van der Waals surface area contributed by atoms with Gasteiger partial charge in [0.25, 0.3) is 0 Å². The van der Waals surface area contributed by atoms with Crippen LogP contribution in [0.1, 0.15) is 28.2 Å². The van der Waals surface area contributed by atoms with E-state index in [1.807, 2.05) is 0 Å². The molecule has 0 fully saturated rings. The molecule has 0 saturated heterocycles. The maximum Gasteiger partial charge on any atom is 0.102 e. The van der Waals surface area contributed by atoms with Crippen LogP contribution in [0.4, 0.5) is 0 Å². The smallest absolute Gasteiger partial charge is 0.102 e. The van der Waals surface area contributed by atoms with Crippen LogP contribution >= 0.6 is 0 Å². The molecule has 0 aliphatic rings. The first-order valence-corrected chi connectivity index (χ1v) is 8.46. The molecule has 0 saturated carbocycles. The Morgan fingerprint density at radius 2 is 1.50 bits per heavy atom. The van der Waals surface area contributed by atoms with Crippen molar-refractivity contribution in [2.45, 2.75) is 26.2 Å². The van der Waals surface area contributed by atoms with E-state index < -0.39 is 0 Å². The Bertz CT molecular complexity index is 639. The lowest BCUT2D eigenvalue weighted by Crippen LogP contribution is -3.00. The number of quaternary nitrogens is 1. The van der Waals surface area contributed by atoms with Crippen LogP contribution in [-0.2, 0) is 6.42 Å². The van der Waals surface area contributed by atoms with Crippen LogP contribution in [0, 0.1) is 13.8 Å². The van der Waals surface area contributed by atoms with Crippen molar-refractivity contribution in [3.05, 3.63) is 70.8 Å². The predicted molar refractivity (Wildman–Crippen MR) is 97.7 cm³/mol. The minimum Gasteiger partial charge on any atom is -1.00 e. The maximum absolute atomic E-state index is 9.36. The number of hydrogen-bond acceptors (Lipinski definition) is 1. The summed E-state index contributed by atoms with van der Waals surface area (Å²) in [4.78, 5) is 0. The van der Waals surface area contributed by atoms with Gasteiger partial charge in [0.05, 0.1) is 27.2 Å². The van der Waals surface area contributed by atoms with E-state index in [1.54, 1.807) is 0 Å². The van der Waals surface area contributed by atoms with Crippen molar-refractivity contribution in [1.82, 2.24) is 0 Å². The molecule has 0 aliphatic heterocycles. The van der Waals surface area contributed by atoms with Crippen molar-refractivity contribution in [2.24, 2.45) is 0 Å². The molecule has 0 aromatic heterocycles. The van der Waals surface area contributed by atoms with E-state index in [-0.39, 0.29) is 23.6 Å². The number of aryl methyl sites for hydroxylation is 2. The molecule has 0 amide bonds. The summed E-state index contributed by atoms with van der Waals surface area (Å²) in [6.07, 6.45) is 1.05. The first-order valence-electron chi connectivity index (χ1n) is 8.46. The van der Waals surface area contributed by atoms with Gasteiger partial charge in [0.1, 0.15) is 6.54 Å². The number of likely N-dealkylation sites (N-methyl/N-ethyl adjacent to an activating group) is 1. The number of rotatable bonds is 7. The van der Waals surface area contributed by atoms with Crippen molar-refractivity contribution < 1.29 is 26.6 Å². The number of aliphatic hydroxyl groups excluding tert-OH is 1. The van der Waals surface area contributed by atoms with Gasteiger partial charge in [0, 0.05) is 5.92 Å². The van der Waals surface area contributed by atoms with E-state index in [4.69, 9.17) is 0 Å². The quantitative estimate of drug-likeness (QED) is 0.688. The molecular formula is C21H30BrNO. The molecule has 132 valence electrons. The van der Waals surface area contributed by atoms with Gasteiger partial charge in [-0.25, -0.2) is 0 Å². The molecule has 0 radical (unpaired) electrons. The van der Waals surface area contributed by atoms with Crippen LogP contribution < -0.4 is 17.0 Å². The second-order valence-corrected chi connectivity index (χ2v) is 7.25. The van der Waals surface area contributed by atoms with E-state index in [2.05, 4.69) is 76.5 Å². The van der Waals surface area contributed by atoms with Crippen molar-refractivity contribution >= 4 is 0 Å². The van der Waals surface area contributed by atoms with E-state index in [9.17, 15) is 5.11 Å². The molecule has 3 heteroatoms. The van der Waals surface area contributed by atoms with E-state index >= 15 is 0 Å². The second kappa shape index (κ2) is 9.36. The summed E-state index contributed by atoms with van der Waals surface area (Å²) in [5.74, 6) is 0.457. The third-order valence-electron chi connectivity index (χ3n) is 4.78. The van der Waals surface area contributed by atoms with E-state index in [0.717, 1.165) is 24.0 Å². The van der Waals surface area contributed by atoms with Crippen LogP contribution in [-0.4, -0.2) is 43.4 Å². The predicted octanol–water partition coefficient (Wildman–Crippen LogP) is 0.702. The molecule has 0 spiro atoms. The molecule has 1 unspecified atom stereocenters. The SMILES string of the molecule is Cc1ccccc1CC(C[N+](C)(C)CCO)c1ccccc1C.[Br-]. The van der Waals surface area contributed by atoms with E-state index in [1.165, 1.54) is 22.3 Å². The van der Waals surface area contributed by atoms with Crippen LogP contribution in [0.25, 0.3) is 0 Å². The van der Waals surface area contributed by atoms with Crippen molar-refractivity contribution in [3.63, 3.8) is 0 Å². The number of benzene rings is 2. The third-order valence-corrected chi connectivity index (χ3v) is 4.78. The number of halogens is 1. The molecule has 0 heterocycles. The highest BCUT2D eigenvalue weighted by molar-refractivity contribution is 5.33. The van der Waals surface area contributed by atoms with E-state index in [0.29, 0.717) is 5.92 Å². The topological polar surface area (TPSA) is 20.2 Å². The third kappa shape index (κ3) is 5.73. The zero-order valence-corrected chi connectivity index (χ0v) is 16.9.